The first kappa shape index (κ1) is 20.6. The zero-order valence-corrected chi connectivity index (χ0v) is 14.1. The van der Waals surface area contributed by atoms with E-state index in [1.165, 1.54) is 82.0 Å². The van der Waals surface area contributed by atoms with Gasteiger partial charge in [0, 0.05) is 0 Å². The molecule has 0 fully saturated rings. The average molecular weight is 278 g/mol. The zero-order valence-electron chi connectivity index (χ0n) is 13.3. The minimum Gasteiger partial charge on any atom is -1.00 e. The number of rotatable bonds is 12. The number of halogens is 1. The fourth-order valence-corrected chi connectivity index (χ4v) is 3.14. The maximum absolute atomic E-state index is 2.34. The second-order valence-corrected chi connectivity index (χ2v) is 5.65. The van der Waals surface area contributed by atoms with E-state index in [0.29, 0.717) is 0 Å². The summed E-state index contributed by atoms with van der Waals surface area (Å²) in [6.07, 6.45) is 11.2. The highest BCUT2D eigenvalue weighted by atomic mass is 35.5. The third-order valence-corrected chi connectivity index (χ3v) is 3.83. The van der Waals surface area contributed by atoms with Crippen LogP contribution in [0.4, 0.5) is 0 Å². The van der Waals surface area contributed by atoms with Crippen molar-refractivity contribution in [1.29, 1.82) is 0 Å². The molecule has 112 valence electrons. The van der Waals surface area contributed by atoms with Crippen LogP contribution in [0.15, 0.2) is 0 Å². The molecule has 0 bridgehead atoms. The molecule has 0 rings (SSSR count). The summed E-state index contributed by atoms with van der Waals surface area (Å²) in [4.78, 5) is 0. The highest BCUT2D eigenvalue weighted by molar-refractivity contribution is 4.48. The van der Waals surface area contributed by atoms with Crippen molar-refractivity contribution in [2.75, 3.05) is 26.2 Å². The molecule has 0 aromatic rings. The van der Waals surface area contributed by atoms with Crippen molar-refractivity contribution in [2.24, 2.45) is 0 Å². The van der Waals surface area contributed by atoms with Crippen molar-refractivity contribution in [3.8, 4) is 0 Å². The summed E-state index contributed by atoms with van der Waals surface area (Å²) in [5.41, 5.74) is 0. The predicted molar refractivity (Wildman–Crippen MR) is 79.4 cm³/mol. The second kappa shape index (κ2) is 13.7. The largest absolute Gasteiger partial charge is 1.00 e. The van der Waals surface area contributed by atoms with E-state index in [0.717, 1.165) is 0 Å². The van der Waals surface area contributed by atoms with Gasteiger partial charge in [0.05, 0.1) is 26.2 Å². The lowest BCUT2D eigenvalue weighted by Crippen LogP contribution is -3.00. The summed E-state index contributed by atoms with van der Waals surface area (Å²) in [6, 6.07) is 0. The average Bonchev–Trinajstić information content (AvgIpc) is 2.30. The van der Waals surface area contributed by atoms with Gasteiger partial charge in [-0.15, -0.1) is 0 Å². The van der Waals surface area contributed by atoms with Gasteiger partial charge in [0.1, 0.15) is 0 Å². The van der Waals surface area contributed by atoms with Crippen LogP contribution in [0.2, 0.25) is 0 Å². The predicted octanol–water partition coefficient (Wildman–Crippen LogP) is 2.01. The Labute approximate surface area is 122 Å². The van der Waals surface area contributed by atoms with Gasteiger partial charge >= 0.3 is 0 Å². The molecule has 0 spiro atoms. The van der Waals surface area contributed by atoms with Gasteiger partial charge in [-0.2, -0.15) is 0 Å². The molecule has 18 heavy (non-hydrogen) atoms. The minimum atomic E-state index is 0. The van der Waals surface area contributed by atoms with E-state index in [-0.39, 0.29) is 12.4 Å². The molecule has 0 amide bonds. The molecular formula is C16H36ClN. The molecule has 0 aliphatic heterocycles. The highest BCUT2D eigenvalue weighted by Crippen LogP contribution is 2.15. The maximum atomic E-state index is 2.34. The molecule has 0 aromatic heterocycles. The van der Waals surface area contributed by atoms with Crippen molar-refractivity contribution >= 4 is 0 Å². The van der Waals surface area contributed by atoms with Crippen LogP contribution in [-0.4, -0.2) is 30.7 Å². The zero-order chi connectivity index (χ0) is 13.0. The molecule has 0 aliphatic rings. The van der Waals surface area contributed by atoms with Crippen LogP contribution in [-0.2, 0) is 0 Å². The van der Waals surface area contributed by atoms with Crippen molar-refractivity contribution in [3.63, 3.8) is 0 Å². The summed E-state index contributed by atoms with van der Waals surface area (Å²) >= 11 is 0. The standard InChI is InChI=1S/C16H36N.ClH/c1-5-9-10-11-12-16-17(13-6-2,14-7-3)15-8-4;/h5-16H2,1-4H3;1H/q+1;/p-1. The number of hydrogen-bond acceptors (Lipinski definition) is 0. The summed E-state index contributed by atoms with van der Waals surface area (Å²) in [5, 5.41) is 0. The fourth-order valence-electron chi connectivity index (χ4n) is 3.14. The van der Waals surface area contributed by atoms with Crippen molar-refractivity contribution < 1.29 is 16.9 Å². The number of quaternary nitrogens is 1. The molecule has 0 aromatic carbocycles. The van der Waals surface area contributed by atoms with E-state index in [9.17, 15) is 0 Å². The van der Waals surface area contributed by atoms with E-state index in [4.69, 9.17) is 0 Å². The molecule has 2 heteroatoms. The molecular weight excluding hydrogens is 242 g/mol. The van der Waals surface area contributed by atoms with Crippen LogP contribution in [0.5, 0.6) is 0 Å². The number of hydrogen-bond donors (Lipinski definition) is 0. The van der Waals surface area contributed by atoms with Gasteiger partial charge in [0.25, 0.3) is 0 Å². The van der Waals surface area contributed by atoms with Crippen LogP contribution in [0.1, 0.15) is 79.1 Å². The summed E-state index contributed by atoms with van der Waals surface area (Å²) in [7, 11) is 0. The topological polar surface area (TPSA) is 0 Å². The lowest BCUT2D eigenvalue weighted by molar-refractivity contribution is -0.928. The Morgan fingerprint density at radius 1 is 0.500 bits per heavy atom. The SMILES string of the molecule is CCCCCCC[N+](CCC)(CCC)CCC.[Cl-]. The highest BCUT2D eigenvalue weighted by Gasteiger charge is 2.23. The van der Waals surface area contributed by atoms with Crippen LogP contribution >= 0.6 is 0 Å². The maximum Gasteiger partial charge on any atom is 0.0786 e. The van der Waals surface area contributed by atoms with Crippen molar-refractivity contribution in [2.45, 2.75) is 79.1 Å². The first-order valence-corrected chi connectivity index (χ1v) is 8.09. The molecule has 0 unspecified atom stereocenters. The monoisotopic (exact) mass is 277 g/mol. The molecule has 0 saturated heterocycles. The third kappa shape index (κ3) is 9.22. The first-order chi connectivity index (χ1) is 8.24. The van der Waals surface area contributed by atoms with Gasteiger partial charge in [0.15, 0.2) is 0 Å². The van der Waals surface area contributed by atoms with Gasteiger partial charge in [-0.3, -0.25) is 0 Å². The normalized spacial score (nSPS) is 11.3. The quantitative estimate of drug-likeness (QED) is 0.378. The van der Waals surface area contributed by atoms with Crippen molar-refractivity contribution in [3.05, 3.63) is 0 Å². The molecule has 0 aliphatic carbocycles. The molecule has 0 saturated carbocycles. The minimum absolute atomic E-state index is 0. The molecule has 0 atom stereocenters. The Bertz CT molecular complexity index is 142. The lowest BCUT2D eigenvalue weighted by Gasteiger charge is -2.38. The van der Waals surface area contributed by atoms with Crippen LogP contribution in [0.3, 0.4) is 0 Å². The van der Waals surface area contributed by atoms with Crippen LogP contribution < -0.4 is 12.4 Å². The van der Waals surface area contributed by atoms with E-state index >= 15 is 0 Å². The number of nitrogens with zero attached hydrogens (tertiary/aromatic N) is 1. The summed E-state index contributed by atoms with van der Waals surface area (Å²) in [5.74, 6) is 0. The van der Waals surface area contributed by atoms with Gasteiger partial charge in [-0.1, -0.05) is 47.0 Å². The van der Waals surface area contributed by atoms with Gasteiger partial charge < -0.3 is 16.9 Å². The molecule has 0 heterocycles. The van der Waals surface area contributed by atoms with E-state index in [1.54, 1.807) is 0 Å². The van der Waals surface area contributed by atoms with E-state index < -0.39 is 0 Å². The van der Waals surface area contributed by atoms with Gasteiger partial charge in [-0.25, -0.2) is 0 Å². The van der Waals surface area contributed by atoms with E-state index in [1.807, 2.05) is 0 Å². The molecule has 0 radical (unpaired) electrons. The van der Waals surface area contributed by atoms with Crippen molar-refractivity contribution in [1.82, 2.24) is 0 Å². The molecule has 1 nitrogen and oxygen atoms in total. The Morgan fingerprint density at radius 3 is 1.33 bits per heavy atom. The Hall–Kier alpha value is 0.250. The lowest BCUT2D eigenvalue weighted by atomic mass is 10.1. The van der Waals surface area contributed by atoms with E-state index in [2.05, 4.69) is 27.7 Å². The fraction of sp³-hybridized carbons (Fsp3) is 1.00. The summed E-state index contributed by atoms with van der Waals surface area (Å²) in [6.45, 7) is 14.9. The van der Waals surface area contributed by atoms with Gasteiger partial charge in [-0.05, 0) is 32.1 Å². The first-order valence-electron chi connectivity index (χ1n) is 8.09. The van der Waals surface area contributed by atoms with Gasteiger partial charge in [0.2, 0.25) is 0 Å². The summed E-state index contributed by atoms with van der Waals surface area (Å²) < 4.78 is 1.40. The van der Waals surface area contributed by atoms with Crippen LogP contribution in [0, 0.1) is 0 Å². The molecule has 0 N–H and O–H groups in total. The third-order valence-electron chi connectivity index (χ3n) is 3.83. The smallest absolute Gasteiger partial charge is 0.0786 e. The Kier molecular flexibility index (Phi) is 15.6. The number of unbranched alkanes of at least 4 members (excludes halogenated alkanes) is 4. The Balaban J connectivity index is 0. The Morgan fingerprint density at radius 2 is 0.944 bits per heavy atom. The second-order valence-electron chi connectivity index (χ2n) is 5.65. The van der Waals surface area contributed by atoms with Crippen LogP contribution in [0.25, 0.3) is 0 Å².